The van der Waals surface area contributed by atoms with E-state index in [1.54, 1.807) is 0 Å². The van der Waals surface area contributed by atoms with Crippen molar-refractivity contribution >= 4 is 11.6 Å². The molecule has 0 heterocycles. The molecule has 1 aromatic rings. The van der Waals surface area contributed by atoms with E-state index in [0.717, 1.165) is 35.9 Å². The Morgan fingerprint density at radius 1 is 0.952 bits per heavy atom. The number of amides is 1. The van der Waals surface area contributed by atoms with Gasteiger partial charge in [-0.2, -0.15) is 0 Å². The summed E-state index contributed by atoms with van der Waals surface area (Å²) < 4.78 is 0. The maximum atomic E-state index is 11.9. The highest BCUT2D eigenvalue weighted by Crippen LogP contribution is 2.31. The Bertz CT molecular complexity index is 492. The lowest BCUT2D eigenvalue weighted by Crippen LogP contribution is -2.30. The molecule has 2 aliphatic rings. The molecule has 21 heavy (non-hydrogen) atoms. The van der Waals surface area contributed by atoms with Crippen molar-refractivity contribution in [2.75, 3.05) is 5.32 Å². The average molecular weight is 286 g/mol. The quantitative estimate of drug-likeness (QED) is 0.883. The van der Waals surface area contributed by atoms with Crippen LogP contribution in [0.4, 0.5) is 5.69 Å². The van der Waals surface area contributed by atoms with Crippen LogP contribution in [0.5, 0.6) is 0 Å². The first-order valence-corrected chi connectivity index (χ1v) is 8.29. The molecular formula is C18H26N2O. The van der Waals surface area contributed by atoms with Crippen molar-refractivity contribution in [3.05, 3.63) is 29.8 Å². The van der Waals surface area contributed by atoms with Crippen LogP contribution >= 0.6 is 0 Å². The van der Waals surface area contributed by atoms with Crippen LogP contribution < -0.4 is 10.6 Å². The predicted octanol–water partition coefficient (Wildman–Crippen LogP) is 3.82. The molecule has 0 radical (unpaired) electrons. The molecule has 0 aromatic heterocycles. The fraction of sp³-hybridized carbons (Fsp3) is 0.611. The first-order valence-electron chi connectivity index (χ1n) is 8.29. The van der Waals surface area contributed by atoms with Gasteiger partial charge in [0, 0.05) is 23.3 Å². The molecule has 0 bridgehead atoms. The van der Waals surface area contributed by atoms with Gasteiger partial charge in [-0.3, -0.25) is 4.79 Å². The number of hydrogen-bond donors (Lipinski definition) is 2. The number of rotatable bonds is 4. The molecule has 2 aliphatic carbocycles. The molecular weight excluding hydrogens is 260 g/mol. The lowest BCUT2D eigenvalue weighted by Gasteiger charge is -2.33. The Morgan fingerprint density at radius 3 is 2.24 bits per heavy atom. The van der Waals surface area contributed by atoms with Gasteiger partial charge in [0.05, 0.1) is 0 Å². The molecule has 2 saturated carbocycles. The maximum Gasteiger partial charge on any atom is 0.251 e. The third-order valence-electron chi connectivity index (χ3n) is 5.03. The summed E-state index contributed by atoms with van der Waals surface area (Å²) in [6.45, 7) is 4.71. The third kappa shape index (κ3) is 3.78. The van der Waals surface area contributed by atoms with Gasteiger partial charge in [-0.15, -0.1) is 0 Å². The average Bonchev–Trinajstić information content (AvgIpc) is 3.28. The van der Waals surface area contributed by atoms with Crippen molar-refractivity contribution in [2.24, 2.45) is 11.8 Å². The van der Waals surface area contributed by atoms with Crippen molar-refractivity contribution in [1.82, 2.24) is 5.32 Å². The zero-order valence-corrected chi connectivity index (χ0v) is 13.1. The third-order valence-corrected chi connectivity index (χ3v) is 5.03. The molecule has 1 aromatic carbocycles. The zero-order valence-electron chi connectivity index (χ0n) is 13.1. The van der Waals surface area contributed by atoms with Crippen molar-refractivity contribution in [1.29, 1.82) is 0 Å². The summed E-state index contributed by atoms with van der Waals surface area (Å²) in [6, 6.07) is 8.90. The van der Waals surface area contributed by atoms with Gasteiger partial charge in [0.15, 0.2) is 0 Å². The lowest BCUT2D eigenvalue weighted by atomic mass is 9.79. The lowest BCUT2D eigenvalue weighted by molar-refractivity contribution is 0.0951. The minimum atomic E-state index is 0.0594. The Labute approximate surface area is 127 Å². The molecule has 3 unspecified atom stereocenters. The molecule has 3 atom stereocenters. The van der Waals surface area contributed by atoms with Gasteiger partial charge in [-0.1, -0.05) is 13.8 Å². The van der Waals surface area contributed by atoms with Crippen LogP contribution in [0.15, 0.2) is 24.3 Å². The van der Waals surface area contributed by atoms with Gasteiger partial charge in [0.25, 0.3) is 5.91 Å². The molecule has 3 rings (SSSR count). The minimum absolute atomic E-state index is 0.0594. The van der Waals surface area contributed by atoms with E-state index < -0.39 is 0 Å². The zero-order chi connectivity index (χ0) is 14.8. The van der Waals surface area contributed by atoms with E-state index >= 15 is 0 Å². The summed E-state index contributed by atoms with van der Waals surface area (Å²) in [5, 5.41) is 6.64. The Hall–Kier alpha value is -1.51. The van der Waals surface area contributed by atoms with Crippen LogP contribution in [0.1, 0.15) is 56.3 Å². The molecule has 0 saturated heterocycles. The SMILES string of the molecule is CC1CCC(Nc2ccc(C(=O)NC3CC3)cc2)CC1C. The van der Waals surface area contributed by atoms with Crippen LogP contribution in [0.2, 0.25) is 0 Å². The molecule has 1 amide bonds. The van der Waals surface area contributed by atoms with Crippen LogP contribution in [0, 0.1) is 11.8 Å². The number of carbonyl (C=O) groups excluding carboxylic acids is 1. The normalized spacial score (nSPS) is 29.0. The number of anilines is 1. The Balaban J connectivity index is 1.55. The van der Waals surface area contributed by atoms with Crippen molar-refractivity contribution in [2.45, 2.75) is 58.0 Å². The van der Waals surface area contributed by atoms with Gasteiger partial charge in [0.2, 0.25) is 0 Å². The molecule has 114 valence electrons. The van der Waals surface area contributed by atoms with Crippen LogP contribution in [-0.4, -0.2) is 18.0 Å². The van der Waals surface area contributed by atoms with E-state index in [1.807, 2.05) is 24.3 Å². The van der Waals surface area contributed by atoms with Gasteiger partial charge in [-0.25, -0.2) is 0 Å². The first kappa shape index (κ1) is 14.4. The summed E-state index contributed by atoms with van der Waals surface area (Å²) in [5.74, 6) is 1.69. The number of carbonyl (C=O) groups is 1. The largest absolute Gasteiger partial charge is 0.382 e. The smallest absolute Gasteiger partial charge is 0.251 e. The monoisotopic (exact) mass is 286 g/mol. The van der Waals surface area contributed by atoms with Gasteiger partial charge < -0.3 is 10.6 Å². The number of benzene rings is 1. The van der Waals surface area contributed by atoms with Crippen molar-refractivity contribution < 1.29 is 4.79 Å². The molecule has 3 nitrogen and oxygen atoms in total. The van der Waals surface area contributed by atoms with E-state index in [4.69, 9.17) is 0 Å². The maximum absolute atomic E-state index is 11.9. The van der Waals surface area contributed by atoms with Crippen molar-refractivity contribution in [3.63, 3.8) is 0 Å². The summed E-state index contributed by atoms with van der Waals surface area (Å²) in [7, 11) is 0. The van der Waals surface area contributed by atoms with Gasteiger partial charge in [0.1, 0.15) is 0 Å². The van der Waals surface area contributed by atoms with E-state index in [0.29, 0.717) is 12.1 Å². The molecule has 2 N–H and O–H groups in total. The highest BCUT2D eigenvalue weighted by molar-refractivity contribution is 5.94. The minimum Gasteiger partial charge on any atom is -0.382 e. The fourth-order valence-corrected chi connectivity index (χ4v) is 3.13. The summed E-state index contributed by atoms with van der Waals surface area (Å²) in [6.07, 6.45) is 6.05. The van der Waals surface area contributed by atoms with E-state index in [-0.39, 0.29) is 5.91 Å². The van der Waals surface area contributed by atoms with Gasteiger partial charge in [-0.05, 0) is 68.2 Å². The molecule has 2 fully saturated rings. The molecule has 0 aliphatic heterocycles. The Kier molecular flexibility index (Phi) is 4.18. The second-order valence-corrected chi connectivity index (χ2v) is 6.93. The number of hydrogen-bond acceptors (Lipinski definition) is 2. The first-order chi connectivity index (χ1) is 10.1. The number of nitrogens with one attached hydrogen (secondary N) is 2. The summed E-state index contributed by atoms with van der Waals surface area (Å²) in [5.41, 5.74) is 1.89. The standard InChI is InChI=1S/C18H26N2O/c1-12-3-6-17(11-13(12)2)19-15-7-4-14(5-8-15)18(21)20-16-9-10-16/h4-5,7-8,12-13,16-17,19H,3,6,9-11H2,1-2H3,(H,20,21). The summed E-state index contributed by atoms with van der Waals surface area (Å²) >= 11 is 0. The van der Waals surface area contributed by atoms with E-state index in [9.17, 15) is 4.79 Å². The van der Waals surface area contributed by atoms with Crippen LogP contribution in [0.3, 0.4) is 0 Å². The summed E-state index contributed by atoms with van der Waals surface area (Å²) in [4.78, 5) is 11.9. The van der Waals surface area contributed by atoms with Crippen molar-refractivity contribution in [3.8, 4) is 0 Å². The second kappa shape index (κ2) is 6.08. The predicted molar refractivity (Wildman–Crippen MR) is 86.5 cm³/mol. The van der Waals surface area contributed by atoms with Gasteiger partial charge >= 0.3 is 0 Å². The van der Waals surface area contributed by atoms with Crippen LogP contribution in [0.25, 0.3) is 0 Å². The fourth-order valence-electron chi connectivity index (χ4n) is 3.13. The highest BCUT2D eigenvalue weighted by atomic mass is 16.1. The Morgan fingerprint density at radius 2 is 1.62 bits per heavy atom. The topological polar surface area (TPSA) is 41.1 Å². The second-order valence-electron chi connectivity index (χ2n) is 6.93. The van der Waals surface area contributed by atoms with E-state index in [1.165, 1.54) is 19.3 Å². The highest BCUT2D eigenvalue weighted by Gasteiger charge is 2.25. The molecule has 3 heteroatoms. The molecule has 0 spiro atoms. The van der Waals surface area contributed by atoms with Crippen LogP contribution in [-0.2, 0) is 0 Å². The van der Waals surface area contributed by atoms with E-state index in [2.05, 4.69) is 24.5 Å².